The normalized spacial score (nSPS) is 23.6. The number of amides is 1. The highest BCUT2D eigenvalue weighted by molar-refractivity contribution is 5.94. The molecule has 1 spiro atoms. The van der Waals surface area contributed by atoms with Gasteiger partial charge in [0.1, 0.15) is 0 Å². The van der Waals surface area contributed by atoms with E-state index in [0.29, 0.717) is 5.41 Å². The molecular weight excluding hydrogens is 300 g/mol. The summed E-state index contributed by atoms with van der Waals surface area (Å²) in [7, 11) is 0. The van der Waals surface area contributed by atoms with Crippen molar-refractivity contribution in [1.82, 2.24) is 9.88 Å². The largest absolute Gasteiger partial charge is 0.444 e. The summed E-state index contributed by atoms with van der Waals surface area (Å²) in [6.07, 6.45) is 13.5. The lowest BCUT2D eigenvalue weighted by atomic mass is 9.71. The highest BCUT2D eigenvalue weighted by Gasteiger charge is 2.36. The summed E-state index contributed by atoms with van der Waals surface area (Å²) in [5, 5.41) is 0. The van der Waals surface area contributed by atoms with Crippen LogP contribution in [0.2, 0.25) is 0 Å². The molecule has 1 aromatic carbocycles. The number of allylic oxidation sites excluding steroid dienone is 2. The van der Waals surface area contributed by atoms with Crippen molar-refractivity contribution in [2.24, 2.45) is 5.41 Å². The van der Waals surface area contributed by atoms with Crippen LogP contribution < -0.4 is 0 Å². The van der Waals surface area contributed by atoms with Gasteiger partial charge in [0, 0.05) is 24.2 Å². The van der Waals surface area contributed by atoms with Crippen molar-refractivity contribution < 1.29 is 9.21 Å². The van der Waals surface area contributed by atoms with E-state index in [1.807, 2.05) is 29.2 Å². The van der Waals surface area contributed by atoms with Crippen LogP contribution in [-0.4, -0.2) is 28.9 Å². The number of nitrogens with zero attached hydrogens (tertiary/aromatic N) is 2. The van der Waals surface area contributed by atoms with Gasteiger partial charge in [0.05, 0.1) is 6.20 Å². The van der Waals surface area contributed by atoms with Crippen LogP contribution in [0.4, 0.5) is 0 Å². The lowest BCUT2D eigenvalue weighted by molar-refractivity contribution is 0.0484. The first-order chi connectivity index (χ1) is 11.8. The predicted octanol–water partition coefficient (Wildman–Crippen LogP) is 4.30. The summed E-state index contributed by atoms with van der Waals surface area (Å²) in [5.41, 5.74) is 2.00. The molecule has 4 rings (SSSR count). The molecule has 1 aromatic heterocycles. The number of oxazole rings is 1. The van der Waals surface area contributed by atoms with Gasteiger partial charge in [0.2, 0.25) is 0 Å². The van der Waals surface area contributed by atoms with Gasteiger partial charge in [-0.15, -0.1) is 0 Å². The standard InChI is InChI=1S/C20H22N2O2/c23-19(17-7-5-16(6-8-17)18-13-21-15-24-18)22-12-4-11-20(14-22)9-2-1-3-10-20/h1-2,5-8,13,15H,3-4,9-12,14H2. The fraction of sp³-hybridized carbons (Fsp3) is 0.400. The number of carbonyl (C=O) groups is 1. The number of aromatic nitrogens is 1. The average Bonchev–Trinajstić information content (AvgIpc) is 3.17. The minimum absolute atomic E-state index is 0.146. The Morgan fingerprint density at radius 2 is 2.04 bits per heavy atom. The first kappa shape index (κ1) is 15.2. The second-order valence-electron chi connectivity index (χ2n) is 6.99. The summed E-state index contributed by atoms with van der Waals surface area (Å²) in [6, 6.07) is 7.64. The molecule has 0 N–H and O–H groups in total. The fourth-order valence-corrected chi connectivity index (χ4v) is 4.01. The van der Waals surface area contributed by atoms with E-state index in [2.05, 4.69) is 17.1 Å². The number of benzene rings is 1. The molecule has 0 bridgehead atoms. The number of piperidine rings is 1. The maximum atomic E-state index is 12.9. The number of carbonyl (C=O) groups excluding carboxylic acids is 1. The zero-order chi connectivity index (χ0) is 16.4. The molecule has 2 aromatic rings. The topological polar surface area (TPSA) is 46.3 Å². The molecule has 1 amide bonds. The Bertz CT molecular complexity index is 734. The SMILES string of the molecule is O=C(c1ccc(-c2cnco2)cc1)N1CCCC2(CC=CCC2)C1. The monoisotopic (exact) mass is 322 g/mol. The van der Waals surface area contributed by atoms with Gasteiger partial charge in [-0.1, -0.05) is 24.3 Å². The summed E-state index contributed by atoms with van der Waals surface area (Å²) >= 11 is 0. The van der Waals surface area contributed by atoms with Crippen molar-refractivity contribution >= 4 is 5.91 Å². The number of hydrogen-bond acceptors (Lipinski definition) is 3. The van der Waals surface area contributed by atoms with Crippen molar-refractivity contribution in [1.29, 1.82) is 0 Å². The van der Waals surface area contributed by atoms with Crippen LogP contribution in [0, 0.1) is 5.41 Å². The summed E-state index contributed by atoms with van der Waals surface area (Å²) in [6.45, 7) is 1.76. The highest BCUT2D eigenvalue weighted by atomic mass is 16.3. The van der Waals surface area contributed by atoms with E-state index in [-0.39, 0.29) is 5.91 Å². The molecule has 1 aliphatic heterocycles. The van der Waals surface area contributed by atoms with E-state index < -0.39 is 0 Å². The number of rotatable bonds is 2. The van der Waals surface area contributed by atoms with Gasteiger partial charge in [-0.05, 0) is 49.7 Å². The Morgan fingerprint density at radius 1 is 1.17 bits per heavy atom. The van der Waals surface area contributed by atoms with Crippen molar-refractivity contribution in [3.8, 4) is 11.3 Å². The van der Waals surface area contributed by atoms with Crippen molar-refractivity contribution in [2.45, 2.75) is 32.1 Å². The van der Waals surface area contributed by atoms with Crippen LogP contribution in [0.25, 0.3) is 11.3 Å². The second kappa shape index (κ2) is 6.27. The molecule has 2 aliphatic rings. The first-order valence-electron chi connectivity index (χ1n) is 8.69. The van der Waals surface area contributed by atoms with Gasteiger partial charge in [-0.3, -0.25) is 4.79 Å². The molecule has 4 heteroatoms. The molecule has 1 atom stereocenters. The van der Waals surface area contributed by atoms with Gasteiger partial charge in [-0.25, -0.2) is 4.98 Å². The molecule has 0 radical (unpaired) electrons. The number of likely N-dealkylation sites (tertiary alicyclic amines) is 1. The smallest absolute Gasteiger partial charge is 0.253 e. The Kier molecular flexibility index (Phi) is 3.97. The van der Waals surface area contributed by atoms with Crippen LogP contribution >= 0.6 is 0 Å². The Labute approximate surface area is 142 Å². The van der Waals surface area contributed by atoms with Gasteiger partial charge in [0.15, 0.2) is 12.2 Å². The Hall–Kier alpha value is -2.36. The zero-order valence-electron chi connectivity index (χ0n) is 13.8. The predicted molar refractivity (Wildman–Crippen MR) is 92.5 cm³/mol. The first-order valence-corrected chi connectivity index (χ1v) is 8.69. The lowest BCUT2D eigenvalue weighted by Gasteiger charge is -2.44. The van der Waals surface area contributed by atoms with E-state index in [1.165, 1.54) is 19.2 Å². The lowest BCUT2D eigenvalue weighted by Crippen LogP contribution is -2.46. The molecule has 2 heterocycles. The third-order valence-electron chi connectivity index (χ3n) is 5.36. The Morgan fingerprint density at radius 3 is 2.75 bits per heavy atom. The van der Waals surface area contributed by atoms with Crippen molar-refractivity contribution in [2.75, 3.05) is 13.1 Å². The molecule has 1 saturated heterocycles. The maximum Gasteiger partial charge on any atom is 0.253 e. The maximum absolute atomic E-state index is 12.9. The quantitative estimate of drug-likeness (QED) is 0.774. The van der Waals surface area contributed by atoms with Crippen LogP contribution in [0.3, 0.4) is 0 Å². The van der Waals surface area contributed by atoms with Gasteiger partial charge in [-0.2, -0.15) is 0 Å². The van der Waals surface area contributed by atoms with Crippen LogP contribution in [-0.2, 0) is 0 Å². The third-order valence-corrected chi connectivity index (χ3v) is 5.36. The second-order valence-corrected chi connectivity index (χ2v) is 6.99. The summed E-state index contributed by atoms with van der Waals surface area (Å²) in [5.74, 6) is 0.868. The summed E-state index contributed by atoms with van der Waals surface area (Å²) in [4.78, 5) is 18.9. The molecule has 1 fully saturated rings. The van der Waals surface area contributed by atoms with Crippen molar-refractivity contribution in [3.63, 3.8) is 0 Å². The third kappa shape index (κ3) is 2.88. The highest BCUT2D eigenvalue weighted by Crippen LogP contribution is 2.41. The van der Waals surface area contributed by atoms with Crippen molar-refractivity contribution in [3.05, 3.63) is 54.6 Å². The van der Waals surface area contributed by atoms with E-state index in [1.54, 1.807) is 6.20 Å². The van der Waals surface area contributed by atoms with E-state index in [9.17, 15) is 4.79 Å². The van der Waals surface area contributed by atoms with E-state index in [0.717, 1.165) is 49.2 Å². The molecule has 4 nitrogen and oxygen atoms in total. The molecule has 1 aliphatic carbocycles. The van der Waals surface area contributed by atoms with Crippen LogP contribution in [0.15, 0.2) is 53.4 Å². The van der Waals surface area contributed by atoms with E-state index in [4.69, 9.17) is 4.42 Å². The molecular formula is C20H22N2O2. The molecule has 0 saturated carbocycles. The van der Waals surface area contributed by atoms with Crippen LogP contribution in [0.5, 0.6) is 0 Å². The van der Waals surface area contributed by atoms with E-state index >= 15 is 0 Å². The zero-order valence-corrected chi connectivity index (χ0v) is 13.8. The molecule has 124 valence electrons. The Balaban J connectivity index is 1.50. The van der Waals surface area contributed by atoms with Gasteiger partial charge < -0.3 is 9.32 Å². The number of hydrogen-bond donors (Lipinski definition) is 0. The summed E-state index contributed by atoms with van der Waals surface area (Å²) < 4.78 is 5.30. The van der Waals surface area contributed by atoms with Gasteiger partial charge >= 0.3 is 0 Å². The molecule has 1 unspecified atom stereocenters. The fourth-order valence-electron chi connectivity index (χ4n) is 4.01. The average molecular weight is 322 g/mol. The van der Waals surface area contributed by atoms with Gasteiger partial charge in [0.25, 0.3) is 5.91 Å². The minimum atomic E-state index is 0.146. The molecule has 24 heavy (non-hydrogen) atoms. The minimum Gasteiger partial charge on any atom is -0.444 e. The van der Waals surface area contributed by atoms with Crippen LogP contribution in [0.1, 0.15) is 42.5 Å².